The minimum atomic E-state index is -3.69. The van der Waals surface area contributed by atoms with Gasteiger partial charge in [0.25, 0.3) is 15.9 Å². The highest BCUT2D eigenvalue weighted by molar-refractivity contribution is 7.92. The average molecular weight is 479 g/mol. The van der Waals surface area contributed by atoms with Gasteiger partial charge in [0.2, 0.25) is 0 Å². The van der Waals surface area contributed by atoms with Crippen LogP contribution in [0.25, 0.3) is 10.1 Å². The number of benzene rings is 3. The number of nitrogens with one attached hydrogen (secondary N) is 1. The lowest BCUT2D eigenvalue weighted by molar-refractivity contribution is 0.103. The van der Waals surface area contributed by atoms with Crippen LogP contribution in [0.15, 0.2) is 71.6 Å². The van der Waals surface area contributed by atoms with Crippen molar-refractivity contribution in [1.82, 2.24) is 0 Å². The number of fused-ring (bicyclic) bond motifs is 1. The summed E-state index contributed by atoms with van der Waals surface area (Å²) in [6, 6.07) is 20.1. The van der Waals surface area contributed by atoms with Gasteiger partial charge < -0.3 is 5.32 Å². The fourth-order valence-corrected chi connectivity index (χ4v) is 6.27. The summed E-state index contributed by atoms with van der Waals surface area (Å²) in [4.78, 5) is 13.7. The smallest absolute Gasteiger partial charge is 0.265 e. The third kappa shape index (κ3) is 4.79. The Morgan fingerprint density at radius 3 is 2.18 bits per heavy atom. The molecule has 0 radical (unpaired) electrons. The van der Waals surface area contributed by atoms with Gasteiger partial charge in [-0.15, -0.1) is 11.3 Å². The Labute approximate surface area is 198 Å². The standard InChI is InChI=1S/C26H26N2O3S2/c1-5-28(33(30,31)23-9-6-17(2)7-10-23)22-8-11-24-20(15-22)16-25(32-24)26(29)27-21-13-18(3)12-19(4)14-21/h6-16H,5H2,1-4H3,(H,27,29). The van der Waals surface area contributed by atoms with Crippen LogP contribution in [0.3, 0.4) is 0 Å². The molecule has 0 saturated carbocycles. The lowest BCUT2D eigenvalue weighted by Gasteiger charge is -2.23. The van der Waals surface area contributed by atoms with Gasteiger partial charge in [-0.25, -0.2) is 8.42 Å². The van der Waals surface area contributed by atoms with Crippen molar-refractivity contribution in [3.63, 3.8) is 0 Å². The number of thiophene rings is 1. The molecule has 3 aromatic carbocycles. The Morgan fingerprint density at radius 2 is 1.55 bits per heavy atom. The quantitative estimate of drug-likeness (QED) is 0.354. The summed E-state index contributed by atoms with van der Waals surface area (Å²) in [5, 5.41) is 3.80. The maximum absolute atomic E-state index is 13.2. The summed E-state index contributed by atoms with van der Waals surface area (Å²) >= 11 is 1.39. The zero-order chi connectivity index (χ0) is 23.8. The summed E-state index contributed by atoms with van der Waals surface area (Å²) in [5.74, 6) is -0.178. The number of nitrogens with zero attached hydrogens (tertiary/aromatic N) is 1. The molecule has 0 fully saturated rings. The van der Waals surface area contributed by atoms with Crippen LogP contribution in [-0.2, 0) is 10.0 Å². The molecule has 1 aromatic heterocycles. The Hall–Kier alpha value is -3.16. The summed E-state index contributed by atoms with van der Waals surface area (Å²) in [5.41, 5.74) is 4.51. The zero-order valence-electron chi connectivity index (χ0n) is 19.0. The van der Waals surface area contributed by atoms with Crippen LogP contribution >= 0.6 is 11.3 Å². The predicted octanol–water partition coefficient (Wildman–Crippen LogP) is 6.29. The summed E-state index contributed by atoms with van der Waals surface area (Å²) in [6.45, 7) is 8.02. The highest BCUT2D eigenvalue weighted by atomic mass is 32.2. The second-order valence-electron chi connectivity index (χ2n) is 8.15. The van der Waals surface area contributed by atoms with E-state index in [4.69, 9.17) is 0 Å². The molecule has 1 N–H and O–H groups in total. The Kier molecular flexibility index (Phi) is 6.28. The van der Waals surface area contributed by atoms with Crippen molar-refractivity contribution in [2.75, 3.05) is 16.2 Å². The predicted molar refractivity (Wildman–Crippen MR) is 137 cm³/mol. The molecule has 1 amide bonds. The summed E-state index contributed by atoms with van der Waals surface area (Å²) < 4.78 is 28.8. The first-order valence-electron chi connectivity index (χ1n) is 10.7. The first kappa shape index (κ1) is 23.0. The molecule has 170 valence electrons. The highest BCUT2D eigenvalue weighted by Gasteiger charge is 2.24. The van der Waals surface area contributed by atoms with Gasteiger partial charge in [-0.2, -0.15) is 0 Å². The fourth-order valence-electron chi connectivity index (χ4n) is 3.87. The van der Waals surface area contributed by atoms with E-state index in [9.17, 15) is 13.2 Å². The maximum Gasteiger partial charge on any atom is 0.265 e. The van der Waals surface area contributed by atoms with Gasteiger partial charge in [-0.1, -0.05) is 23.8 Å². The lowest BCUT2D eigenvalue weighted by atomic mass is 10.1. The van der Waals surface area contributed by atoms with E-state index in [0.29, 0.717) is 17.1 Å². The number of amides is 1. The number of carbonyl (C=O) groups is 1. The van der Waals surface area contributed by atoms with Crippen LogP contribution in [0.5, 0.6) is 0 Å². The molecule has 0 saturated heterocycles. The van der Waals surface area contributed by atoms with Gasteiger partial charge in [0, 0.05) is 16.9 Å². The fraction of sp³-hybridized carbons (Fsp3) is 0.192. The van der Waals surface area contributed by atoms with Crippen molar-refractivity contribution in [2.45, 2.75) is 32.6 Å². The Bertz CT molecular complexity index is 1420. The monoisotopic (exact) mass is 478 g/mol. The number of anilines is 2. The molecular formula is C26H26N2O3S2. The van der Waals surface area contributed by atoms with Gasteiger partial charge >= 0.3 is 0 Å². The first-order valence-corrected chi connectivity index (χ1v) is 13.0. The summed E-state index contributed by atoms with van der Waals surface area (Å²) in [6.07, 6.45) is 0. The first-order chi connectivity index (χ1) is 15.7. The zero-order valence-corrected chi connectivity index (χ0v) is 20.7. The molecular weight excluding hydrogens is 452 g/mol. The third-order valence-electron chi connectivity index (χ3n) is 5.39. The molecule has 1 heterocycles. The molecule has 4 aromatic rings. The highest BCUT2D eigenvalue weighted by Crippen LogP contribution is 2.32. The molecule has 4 rings (SSSR count). The molecule has 0 aliphatic rings. The second kappa shape index (κ2) is 9.00. The molecule has 7 heteroatoms. The maximum atomic E-state index is 13.2. The number of hydrogen-bond acceptors (Lipinski definition) is 4. The minimum absolute atomic E-state index is 0.178. The van der Waals surface area contributed by atoms with Crippen molar-refractivity contribution >= 4 is 48.7 Å². The number of rotatable bonds is 6. The van der Waals surface area contributed by atoms with Gasteiger partial charge in [-0.05, 0) is 92.7 Å². The van der Waals surface area contributed by atoms with Gasteiger partial charge in [0.15, 0.2) is 0 Å². The molecule has 0 unspecified atom stereocenters. The van der Waals surface area contributed by atoms with E-state index in [0.717, 1.165) is 32.5 Å². The topological polar surface area (TPSA) is 66.5 Å². The largest absolute Gasteiger partial charge is 0.321 e. The lowest BCUT2D eigenvalue weighted by Crippen LogP contribution is -2.30. The Balaban J connectivity index is 1.64. The van der Waals surface area contributed by atoms with Crippen LogP contribution in [0.1, 0.15) is 33.3 Å². The van der Waals surface area contributed by atoms with Crippen molar-refractivity contribution in [3.8, 4) is 0 Å². The third-order valence-corrected chi connectivity index (χ3v) is 8.42. The van der Waals surface area contributed by atoms with Gasteiger partial charge in [0.1, 0.15) is 0 Å². The molecule has 0 spiro atoms. The van der Waals surface area contributed by atoms with Crippen LogP contribution in [0.2, 0.25) is 0 Å². The van der Waals surface area contributed by atoms with Crippen molar-refractivity contribution in [2.24, 2.45) is 0 Å². The van der Waals surface area contributed by atoms with Crippen LogP contribution in [0, 0.1) is 20.8 Å². The molecule has 0 atom stereocenters. The molecule has 0 aliphatic carbocycles. The second-order valence-corrected chi connectivity index (χ2v) is 11.1. The number of hydrogen-bond donors (Lipinski definition) is 1. The van der Waals surface area contributed by atoms with E-state index >= 15 is 0 Å². The van der Waals surface area contributed by atoms with Gasteiger partial charge in [-0.3, -0.25) is 9.10 Å². The SMILES string of the molecule is CCN(c1ccc2sc(C(=O)Nc3cc(C)cc(C)c3)cc2c1)S(=O)(=O)c1ccc(C)cc1. The minimum Gasteiger partial charge on any atom is -0.321 e. The number of carbonyl (C=O) groups excluding carboxylic acids is 1. The van der Waals surface area contributed by atoms with Crippen LogP contribution in [-0.4, -0.2) is 20.9 Å². The van der Waals surface area contributed by atoms with Gasteiger partial charge in [0.05, 0.1) is 15.5 Å². The van der Waals surface area contributed by atoms with E-state index in [-0.39, 0.29) is 10.8 Å². The molecule has 33 heavy (non-hydrogen) atoms. The van der Waals surface area contributed by atoms with Crippen molar-refractivity contribution in [3.05, 3.63) is 88.3 Å². The van der Waals surface area contributed by atoms with E-state index in [2.05, 4.69) is 11.4 Å². The molecule has 0 aliphatic heterocycles. The number of sulfonamides is 1. The van der Waals surface area contributed by atoms with Crippen molar-refractivity contribution < 1.29 is 13.2 Å². The van der Waals surface area contributed by atoms with Crippen LogP contribution in [0.4, 0.5) is 11.4 Å². The average Bonchev–Trinajstić information content (AvgIpc) is 3.17. The van der Waals surface area contributed by atoms with E-state index in [1.807, 2.05) is 58.0 Å². The molecule has 5 nitrogen and oxygen atoms in total. The van der Waals surface area contributed by atoms with E-state index in [1.54, 1.807) is 30.3 Å². The van der Waals surface area contributed by atoms with E-state index in [1.165, 1.54) is 15.6 Å². The number of aryl methyl sites for hydroxylation is 3. The molecule has 0 bridgehead atoms. The summed E-state index contributed by atoms with van der Waals surface area (Å²) in [7, 11) is -3.69. The van der Waals surface area contributed by atoms with E-state index < -0.39 is 10.0 Å². The van der Waals surface area contributed by atoms with Crippen molar-refractivity contribution in [1.29, 1.82) is 0 Å². The normalized spacial score (nSPS) is 11.5. The van der Waals surface area contributed by atoms with Crippen LogP contribution < -0.4 is 9.62 Å². The Morgan fingerprint density at radius 1 is 0.879 bits per heavy atom.